The van der Waals surface area contributed by atoms with Crippen LogP contribution in [0.15, 0.2) is 24.3 Å². The van der Waals surface area contributed by atoms with Crippen LogP contribution in [0.4, 0.5) is 0 Å². The van der Waals surface area contributed by atoms with Crippen molar-refractivity contribution in [2.75, 3.05) is 20.2 Å². The molecule has 0 aromatic heterocycles. The minimum Gasteiger partial charge on any atom is -0.496 e. The Kier molecular flexibility index (Phi) is 7.17. The zero-order chi connectivity index (χ0) is 15.3. The van der Waals surface area contributed by atoms with Gasteiger partial charge in [0, 0.05) is 18.0 Å². The number of hydrogen-bond acceptors (Lipinski definition) is 3. The Morgan fingerprint density at radius 2 is 2.14 bits per heavy atom. The van der Waals surface area contributed by atoms with Crippen LogP contribution >= 0.6 is 12.4 Å². The SMILES string of the molecule is COc1ccccc1CC(C)(C)C(=O)N[C@H]1CCCNC1.Cl. The van der Waals surface area contributed by atoms with Crippen molar-refractivity contribution in [2.45, 2.75) is 39.2 Å². The number of amides is 1. The van der Waals surface area contributed by atoms with Gasteiger partial charge in [-0.25, -0.2) is 0 Å². The topological polar surface area (TPSA) is 50.4 Å². The third-order valence-electron chi connectivity index (χ3n) is 4.07. The van der Waals surface area contributed by atoms with E-state index in [1.807, 2.05) is 38.1 Å². The van der Waals surface area contributed by atoms with Gasteiger partial charge in [-0.3, -0.25) is 4.79 Å². The Bertz CT molecular complexity index is 485. The first-order valence-corrected chi connectivity index (χ1v) is 7.66. The quantitative estimate of drug-likeness (QED) is 0.874. The summed E-state index contributed by atoms with van der Waals surface area (Å²) in [5.41, 5.74) is 0.619. The Balaban J connectivity index is 0.00000242. The molecule has 5 heteroatoms. The highest BCUT2D eigenvalue weighted by Crippen LogP contribution is 2.28. The van der Waals surface area contributed by atoms with Gasteiger partial charge in [0.05, 0.1) is 7.11 Å². The summed E-state index contributed by atoms with van der Waals surface area (Å²) < 4.78 is 5.38. The van der Waals surface area contributed by atoms with E-state index in [0.29, 0.717) is 6.42 Å². The predicted octanol–water partition coefficient (Wildman–Crippen LogP) is 2.55. The van der Waals surface area contributed by atoms with Crippen LogP contribution in [0, 0.1) is 5.41 Å². The summed E-state index contributed by atoms with van der Waals surface area (Å²) in [5.74, 6) is 0.958. The van der Waals surface area contributed by atoms with Crippen molar-refractivity contribution >= 4 is 18.3 Å². The zero-order valence-electron chi connectivity index (χ0n) is 13.6. The van der Waals surface area contributed by atoms with E-state index in [0.717, 1.165) is 37.2 Å². The minimum absolute atomic E-state index is 0. The third-order valence-corrected chi connectivity index (χ3v) is 4.07. The highest BCUT2D eigenvalue weighted by molar-refractivity contribution is 5.85. The molecule has 1 amide bonds. The molecule has 2 N–H and O–H groups in total. The second-order valence-corrected chi connectivity index (χ2v) is 6.39. The van der Waals surface area contributed by atoms with E-state index >= 15 is 0 Å². The number of ether oxygens (including phenoxy) is 1. The summed E-state index contributed by atoms with van der Waals surface area (Å²) in [5, 5.41) is 6.50. The second-order valence-electron chi connectivity index (χ2n) is 6.39. The van der Waals surface area contributed by atoms with Gasteiger partial charge < -0.3 is 15.4 Å². The van der Waals surface area contributed by atoms with Crippen LogP contribution in [0.5, 0.6) is 5.75 Å². The summed E-state index contributed by atoms with van der Waals surface area (Å²) >= 11 is 0. The molecular formula is C17H27ClN2O2. The number of benzene rings is 1. The average molecular weight is 327 g/mol. The van der Waals surface area contributed by atoms with Crippen LogP contribution in [0.2, 0.25) is 0 Å². The smallest absolute Gasteiger partial charge is 0.226 e. The Morgan fingerprint density at radius 1 is 1.41 bits per heavy atom. The first-order valence-electron chi connectivity index (χ1n) is 7.66. The van der Waals surface area contributed by atoms with Crippen molar-refractivity contribution in [1.82, 2.24) is 10.6 Å². The van der Waals surface area contributed by atoms with Crippen LogP contribution in [-0.4, -0.2) is 32.1 Å². The van der Waals surface area contributed by atoms with Crippen molar-refractivity contribution in [1.29, 1.82) is 0 Å². The van der Waals surface area contributed by atoms with Gasteiger partial charge in [0.2, 0.25) is 5.91 Å². The van der Waals surface area contributed by atoms with E-state index < -0.39 is 5.41 Å². The fourth-order valence-electron chi connectivity index (χ4n) is 2.76. The number of piperidine rings is 1. The fraction of sp³-hybridized carbons (Fsp3) is 0.588. The largest absolute Gasteiger partial charge is 0.496 e. The molecule has 0 bridgehead atoms. The average Bonchev–Trinajstić information content (AvgIpc) is 2.48. The molecule has 1 atom stereocenters. The third kappa shape index (κ3) is 4.89. The molecule has 0 spiro atoms. The summed E-state index contributed by atoms with van der Waals surface area (Å²) in [7, 11) is 1.67. The van der Waals surface area contributed by atoms with Crippen molar-refractivity contribution in [3.8, 4) is 5.75 Å². The van der Waals surface area contributed by atoms with E-state index in [4.69, 9.17) is 4.74 Å². The molecule has 1 saturated heterocycles. The molecule has 1 aliphatic heterocycles. The molecular weight excluding hydrogens is 300 g/mol. The highest BCUT2D eigenvalue weighted by Gasteiger charge is 2.30. The summed E-state index contributed by atoms with van der Waals surface area (Å²) in [6.45, 7) is 5.91. The minimum atomic E-state index is -0.452. The number of rotatable bonds is 5. The maximum Gasteiger partial charge on any atom is 0.226 e. The molecule has 1 fully saturated rings. The monoisotopic (exact) mass is 326 g/mol. The Labute approximate surface area is 139 Å². The molecule has 4 nitrogen and oxygen atoms in total. The lowest BCUT2D eigenvalue weighted by Gasteiger charge is -2.30. The van der Waals surface area contributed by atoms with Gasteiger partial charge >= 0.3 is 0 Å². The maximum absolute atomic E-state index is 12.6. The van der Waals surface area contributed by atoms with Gasteiger partial charge in [0.1, 0.15) is 5.75 Å². The summed E-state index contributed by atoms with van der Waals surface area (Å²) in [4.78, 5) is 12.6. The van der Waals surface area contributed by atoms with Crippen LogP contribution in [-0.2, 0) is 11.2 Å². The zero-order valence-corrected chi connectivity index (χ0v) is 14.5. The van der Waals surface area contributed by atoms with Crippen LogP contribution < -0.4 is 15.4 Å². The van der Waals surface area contributed by atoms with Gasteiger partial charge in [0.15, 0.2) is 0 Å². The number of carbonyl (C=O) groups excluding carboxylic acids is 1. The molecule has 22 heavy (non-hydrogen) atoms. The van der Waals surface area contributed by atoms with Gasteiger partial charge in [0.25, 0.3) is 0 Å². The lowest BCUT2D eigenvalue weighted by Crippen LogP contribution is -2.50. The number of carbonyl (C=O) groups is 1. The van der Waals surface area contributed by atoms with Gasteiger partial charge in [-0.1, -0.05) is 32.0 Å². The number of nitrogens with one attached hydrogen (secondary N) is 2. The van der Waals surface area contributed by atoms with Gasteiger partial charge in [-0.05, 0) is 37.4 Å². The van der Waals surface area contributed by atoms with Crippen molar-refractivity contribution < 1.29 is 9.53 Å². The van der Waals surface area contributed by atoms with Crippen LogP contribution in [0.3, 0.4) is 0 Å². The number of hydrogen-bond donors (Lipinski definition) is 2. The summed E-state index contributed by atoms with van der Waals surface area (Å²) in [6.07, 6.45) is 2.85. The molecule has 2 rings (SSSR count). The first kappa shape index (κ1) is 18.8. The molecule has 0 radical (unpaired) electrons. The molecule has 1 aliphatic rings. The Hall–Kier alpha value is -1.26. The van der Waals surface area contributed by atoms with Gasteiger partial charge in [-0.2, -0.15) is 0 Å². The maximum atomic E-state index is 12.6. The molecule has 1 aromatic rings. The first-order chi connectivity index (χ1) is 10.0. The summed E-state index contributed by atoms with van der Waals surface area (Å²) in [6, 6.07) is 8.15. The number of halogens is 1. The molecule has 0 unspecified atom stereocenters. The standard InChI is InChI=1S/C17H26N2O2.ClH/c1-17(2,11-13-7-4-5-9-15(13)21-3)16(20)19-14-8-6-10-18-12-14;/h4-5,7,9,14,18H,6,8,10-12H2,1-3H3,(H,19,20);1H/t14-;/m0./s1. The van der Waals surface area contributed by atoms with Crippen molar-refractivity contribution in [3.63, 3.8) is 0 Å². The normalized spacial score (nSPS) is 18.2. The molecule has 1 aromatic carbocycles. The molecule has 0 aliphatic carbocycles. The highest BCUT2D eigenvalue weighted by atomic mass is 35.5. The molecule has 0 saturated carbocycles. The van der Waals surface area contributed by atoms with Crippen molar-refractivity contribution in [2.24, 2.45) is 5.41 Å². The Morgan fingerprint density at radius 3 is 2.77 bits per heavy atom. The molecule has 1 heterocycles. The number of methoxy groups -OCH3 is 1. The van der Waals surface area contributed by atoms with E-state index in [1.54, 1.807) is 7.11 Å². The predicted molar refractivity (Wildman–Crippen MR) is 91.8 cm³/mol. The van der Waals surface area contributed by atoms with Crippen LogP contribution in [0.1, 0.15) is 32.3 Å². The second kappa shape index (κ2) is 8.39. The lowest BCUT2D eigenvalue weighted by molar-refractivity contribution is -0.130. The van der Waals surface area contributed by atoms with E-state index in [9.17, 15) is 4.79 Å². The lowest BCUT2D eigenvalue weighted by atomic mass is 9.84. The van der Waals surface area contributed by atoms with E-state index in [2.05, 4.69) is 10.6 Å². The number of para-hydroxylation sites is 1. The van der Waals surface area contributed by atoms with Gasteiger partial charge in [-0.15, -0.1) is 12.4 Å². The van der Waals surface area contributed by atoms with E-state index in [1.165, 1.54) is 0 Å². The van der Waals surface area contributed by atoms with Crippen molar-refractivity contribution in [3.05, 3.63) is 29.8 Å². The van der Waals surface area contributed by atoms with E-state index in [-0.39, 0.29) is 24.4 Å². The molecule has 124 valence electrons. The van der Waals surface area contributed by atoms with Crippen LogP contribution in [0.25, 0.3) is 0 Å². The fourth-order valence-corrected chi connectivity index (χ4v) is 2.76.